The first kappa shape index (κ1) is 12.8. The third kappa shape index (κ3) is 1.76. The van der Waals surface area contributed by atoms with Gasteiger partial charge in [-0.2, -0.15) is 0 Å². The largest absolute Gasteiger partial charge is 0.504 e. The Morgan fingerprint density at radius 3 is 2.58 bits per heavy atom. The predicted octanol–water partition coefficient (Wildman–Crippen LogP) is 4.19. The van der Waals surface area contributed by atoms with Gasteiger partial charge in [-0.1, -0.05) is 26.8 Å². The van der Waals surface area contributed by atoms with Crippen LogP contribution in [0.1, 0.15) is 45.1 Å². The highest BCUT2D eigenvalue weighted by atomic mass is 16.5. The van der Waals surface area contributed by atoms with Gasteiger partial charge in [0.15, 0.2) is 11.5 Å². The van der Waals surface area contributed by atoms with Crippen LogP contribution in [0.3, 0.4) is 0 Å². The van der Waals surface area contributed by atoms with Gasteiger partial charge in [0.1, 0.15) is 0 Å². The van der Waals surface area contributed by atoms with E-state index in [9.17, 15) is 5.11 Å². The van der Waals surface area contributed by atoms with E-state index in [2.05, 4.69) is 26.8 Å². The highest BCUT2D eigenvalue weighted by Gasteiger charge is 2.55. The quantitative estimate of drug-likeness (QED) is 0.864. The first-order chi connectivity index (χ1) is 8.95. The van der Waals surface area contributed by atoms with Gasteiger partial charge in [0.05, 0.1) is 7.11 Å². The third-order valence-electron chi connectivity index (χ3n) is 6.07. The van der Waals surface area contributed by atoms with Crippen molar-refractivity contribution in [3.8, 4) is 11.5 Å². The van der Waals surface area contributed by atoms with Crippen molar-refractivity contribution in [2.75, 3.05) is 7.11 Å². The van der Waals surface area contributed by atoms with Crippen LogP contribution in [0.2, 0.25) is 0 Å². The topological polar surface area (TPSA) is 29.5 Å². The summed E-state index contributed by atoms with van der Waals surface area (Å²) >= 11 is 0. The van der Waals surface area contributed by atoms with Crippen LogP contribution in [-0.2, 0) is 0 Å². The molecule has 19 heavy (non-hydrogen) atoms. The highest BCUT2D eigenvalue weighted by Crippen LogP contribution is 2.64. The lowest BCUT2D eigenvalue weighted by molar-refractivity contribution is 0.118. The summed E-state index contributed by atoms with van der Waals surface area (Å²) in [6.07, 6.45) is 2.66. The van der Waals surface area contributed by atoms with Crippen LogP contribution < -0.4 is 4.74 Å². The number of aromatic hydroxyl groups is 1. The standard InChI is InChI=1S/C17H24O2/c1-10-12-7-13(14(8-12)17(10,2)3)11-5-6-15(18)16(9-11)19-4/h5-6,9-10,12-14,18H,7-8H2,1-4H3/t10-,12+,13-,14-/m0/s1. The molecule has 0 spiro atoms. The van der Waals surface area contributed by atoms with Gasteiger partial charge < -0.3 is 9.84 Å². The molecule has 1 aromatic carbocycles. The van der Waals surface area contributed by atoms with E-state index in [1.807, 2.05) is 6.07 Å². The second kappa shape index (κ2) is 4.16. The molecular formula is C17H24O2. The first-order valence-corrected chi connectivity index (χ1v) is 7.32. The SMILES string of the molecule is COc1cc([C@@H]2C[C@@H]3C[C@@H]2C(C)(C)[C@H]3C)ccc1O. The maximum atomic E-state index is 9.73. The Morgan fingerprint density at radius 2 is 2.00 bits per heavy atom. The molecule has 0 radical (unpaired) electrons. The fourth-order valence-electron chi connectivity index (χ4n) is 4.55. The predicted molar refractivity (Wildman–Crippen MR) is 76.6 cm³/mol. The number of fused-ring (bicyclic) bond motifs is 2. The number of phenols is 1. The molecule has 1 aromatic rings. The Bertz CT molecular complexity index is 492. The van der Waals surface area contributed by atoms with Gasteiger partial charge in [0.2, 0.25) is 0 Å². The fraction of sp³-hybridized carbons (Fsp3) is 0.647. The molecule has 0 unspecified atom stereocenters. The van der Waals surface area contributed by atoms with Gasteiger partial charge in [0, 0.05) is 0 Å². The Labute approximate surface area is 115 Å². The van der Waals surface area contributed by atoms with E-state index in [1.54, 1.807) is 13.2 Å². The maximum absolute atomic E-state index is 9.73. The molecule has 2 aliphatic carbocycles. The van der Waals surface area contributed by atoms with Crippen molar-refractivity contribution in [1.29, 1.82) is 0 Å². The molecular weight excluding hydrogens is 236 g/mol. The van der Waals surface area contributed by atoms with Gasteiger partial charge in [-0.3, -0.25) is 0 Å². The molecule has 4 atom stereocenters. The van der Waals surface area contributed by atoms with Crippen LogP contribution >= 0.6 is 0 Å². The van der Waals surface area contributed by atoms with E-state index < -0.39 is 0 Å². The molecule has 2 heteroatoms. The van der Waals surface area contributed by atoms with Crippen LogP contribution in [-0.4, -0.2) is 12.2 Å². The normalized spacial score (nSPS) is 35.6. The van der Waals surface area contributed by atoms with E-state index in [0.717, 1.165) is 17.8 Å². The summed E-state index contributed by atoms with van der Waals surface area (Å²) in [4.78, 5) is 0. The first-order valence-electron chi connectivity index (χ1n) is 7.32. The minimum atomic E-state index is 0.238. The van der Waals surface area contributed by atoms with Gasteiger partial charge in [-0.15, -0.1) is 0 Å². The third-order valence-corrected chi connectivity index (χ3v) is 6.07. The summed E-state index contributed by atoms with van der Waals surface area (Å²) < 4.78 is 5.25. The summed E-state index contributed by atoms with van der Waals surface area (Å²) in [5, 5.41) is 9.73. The lowest BCUT2D eigenvalue weighted by Crippen LogP contribution is -2.32. The van der Waals surface area contributed by atoms with E-state index in [1.165, 1.54) is 18.4 Å². The van der Waals surface area contributed by atoms with Gasteiger partial charge in [0.25, 0.3) is 0 Å². The molecule has 2 nitrogen and oxygen atoms in total. The number of rotatable bonds is 2. The average Bonchev–Trinajstić information content (AvgIpc) is 2.90. The Balaban J connectivity index is 1.93. The van der Waals surface area contributed by atoms with Crippen LogP contribution in [0.15, 0.2) is 18.2 Å². The average molecular weight is 260 g/mol. The minimum absolute atomic E-state index is 0.238. The van der Waals surface area contributed by atoms with Crippen molar-refractivity contribution >= 4 is 0 Å². The second-order valence-corrected chi connectivity index (χ2v) is 6.99. The number of benzene rings is 1. The van der Waals surface area contributed by atoms with Crippen molar-refractivity contribution < 1.29 is 9.84 Å². The zero-order valence-electron chi connectivity index (χ0n) is 12.3. The molecule has 104 valence electrons. The monoisotopic (exact) mass is 260 g/mol. The highest BCUT2D eigenvalue weighted by molar-refractivity contribution is 5.43. The van der Waals surface area contributed by atoms with Crippen molar-refractivity contribution in [2.45, 2.75) is 39.5 Å². The summed E-state index contributed by atoms with van der Waals surface area (Å²) in [6, 6.07) is 5.88. The summed E-state index contributed by atoms with van der Waals surface area (Å²) in [5.41, 5.74) is 1.76. The minimum Gasteiger partial charge on any atom is -0.504 e. The molecule has 0 saturated heterocycles. The summed E-state index contributed by atoms with van der Waals surface area (Å²) in [7, 11) is 1.62. The van der Waals surface area contributed by atoms with E-state index in [0.29, 0.717) is 17.1 Å². The van der Waals surface area contributed by atoms with Gasteiger partial charge >= 0.3 is 0 Å². The van der Waals surface area contributed by atoms with Crippen molar-refractivity contribution in [3.05, 3.63) is 23.8 Å². The number of methoxy groups -OCH3 is 1. The van der Waals surface area contributed by atoms with Crippen LogP contribution in [0.4, 0.5) is 0 Å². The molecule has 2 aliphatic rings. The molecule has 2 saturated carbocycles. The number of hydrogen-bond donors (Lipinski definition) is 1. The Kier molecular flexibility index (Phi) is 2.81. The lowest BCUT2D eigenvalue weighted by Gasteiger charge is -2.41. The molecule has 0 amide bonds. The van der Waals surface area contributed by atoms with Crippen molar-refractivity contribution in [3.63, 3.8) is 0 Å². The second-order valence-electron chi connectivity index (χ2n) is 6.99. The molecule has 0 aromatic heterocycles. The molecule has 0 heterocycles. The molecule has 1 N–H and O–H groups in total. The van der Waals surface area contributed by atoms with Crippen LogP contribution in [0.5, 0.6) is 11.5 Å². The number of ether oxygens (including phenoxy) is 1. The lowest BCUT2D eigenvalue weighted by atomic mass is 9.64. The van der Waals surface area contributed by atoms with Crippen molar-refractivity contribution in [2.24, 2.45) is 23.2 Å². The summed E-state index contributed by atoms with van der Waals surface area (Å²) in [6.45, 7) is 7.26. The number of hydrogen-bond acceptors (Lipinski definition) is 2. The maximum Gasteiger partial charge on any atom is 0.160 e. The van der Waals surface area contributed by atoms with E-state index in [-0.39, 0.29) is 5.75 Å². The van der Waals surface area contributed by atoms with E-state index in [4.69, 9.17) is 4.74 Å². The fourth-order valence-corrected chi connectivity index (χ4v) is 4.55. The number of phenolic OH excluding ortho intramolecular Hbond substituents is 1. The van der Waals surface area contributed by atoms with Gasteiger partial charge in [-0.05, 0) is 59.6 Å². The Hall–Kier alpha value is -1.18. The van der Waals surface area contributed by atoms with Crippen LogP contribution in [0.25, 0.3) is 0 Å². The zero-order chi connectivity index (χ0) is 13.8. The molecule has 2 bridgehead atoms. The molecule has 2 fully saturated rings. The van der Waals surface area contributed by atoms with E-state index >= 15 is 0 Å². The molecule has 0 aliphatic heterocycles. The Morgan fingerprint density at radius 1 is 1.26 bits per heavy atom. The van der Waals surface area contributed by atoms with Crippen LogP contribution in [0, 0.1) is 23.2 Å². The molecule has 3 rings (SSSR count). The smallest absolute Gasteiger partial charge is 0.160 e. The van der Waals surface area contributed by atoms with Gasteiger partial charge in [-0.25, -0.2) is 0 Å². The van der Waals surface area contributed by atoms with Crippen molar-refractivity contribution in [1.82, 2.24) is 0 Å². The zero-order valence-corrected chi connectivity index (χ0v) is 12.3. The summed E-state index contributed by atoms with van der Waals surface area (Å²) in [5.74, 6) is 3.93.